The van der Waals surface area contributed by atoms with Gasteiger partial charge in [0.2, 0.25) is 20.0 Å². The minimum atomic E-state index is -3.99. The van der Waals surface area contributed by atoms with Crippen LogP contribution in [-0.2, 0) is 55.6 Å². The van der Waals surface area contributed by atoms with E-state index >= 15 is 4.39 Å². The van der Waals surface area contributed by atoms with Gasteiger partial charge in [0.25, 0.3) is 0 Å². The third kappa shape index (κ3) is 12.8. The van der Waals surface area contributed by atoms with Crippen molar-refractivity contribution in [1.82, 2.24) is 57.4 Å². The average molecular weight is 1160 g/mol. The first-order chi connectivity index (χ1) is 39.0. The number of benzene rings is 2. The van der Waals surface area contributed by atoms with Gasteiger partial charge in [-0.3, -0.25) is 4.79 Å². The number of halogens is 2. The van der Waals surface area contributed by atoms with Crippen LogP contribution >= 0.6 is 0 Å². The Labute approximate surface area is 464 Å². The van der Waals surface area contributed by atoms with Crippen LogP contribution in [0.5, 0.6) is 11.5 Å². The number of ether oxygens (including phenoxy) is 4. The molecule has 8 heterocycles. The van der Waals surface area contributed by atoms with E-state index in [0.717, 1.165) is 22.7 Å². The Bertz CT molecular complexity index is 3830. The molecule has 28 heteroatoms. The fourth-order valence-electron chi connectivity index (χ4n) is 9.51. The van der Waals surface area contributed by atoms with Gasteiger partial charge in [0, 0.05) is 75.1 Å². The summed E-state index contributed by atoms with van der Waals surface area (Å²) >= 11 is 0. The molecule has 8 aromatic rings. The van der Waals surface area contributed by atoms with Crippen LogP contribution in [0.1, 0.15) is 98.6 Å². The number of carbonyl (C=O) groups is 2. The van der Waals surface area contributed by atoms with Crippen LogP contribution in [0.2, 0.25) is 0 Å². The summed E-state index contributed by atoms with van der Waals surface area (Å²) in [6, 6.07) is 13.5. The van der Waals surface area contributed by atoms with Gasteiger partial charge in [-0.1, -0.05) is 22.6 Å². The molecule has 81 heavy (non-hydrogen) atoms. The minimum Gasteiger partial charge on any atom is -0.494 e. The summed E-state index contributed by atoms with van der Waals surface area (Å²) in [6.07, 6.45) is 15.7. The van der Waals surface area contributed by atoms with Crippen molar-refractivity contribution in [3.05, 3.63) is 142 Å². The molecule has 2 aromatic carbocycles. The molecule has 2 saturated carbocycles. The molecular formula is C53H59F2N13O11S2. The van der Waals surface area contributed by atoms with Gasteiger partial charge in [-0.05, 0) is 91.5 Å². The van der Waals surface area contributed by atoms with Crippen molar-refractivity contribution in [1.29, 1.82) is 0 Å². The van der Waals surface area contributed by atoms with E-state index in [1.807, 2.05) is 33.3 Å². The van der Waals surface area contributed by atoms with E-state index in [1.165, 1.54) is 106 Å². The first kappa shape index (κ1) is 56.7. The summed E-state index contributed by atoms with van der Waals surface area (Å²) in [6.45, 7) is 2.54. The molecule has 4 aliphatic rings. The van der Waals surface area contributed by atoms with Crippen molar-refractivity contribution < 1.29 is 59.3 Å². The third-order valence-electron chi connectivity index (χ3n) is 14.1. The number of nitrogens with zero attached hydrogens (tertiary/aromatic N) is 12. The van der Waals surface area contributed by atoms with E-state index in [2.05, 4.69) is 55.1 Å². The number of morpholine rings is 2. The smallest absolute Gasteiger partial charge is 0.358 e. The zero-order valence-electron chi connectivity index (χ0n) is 44.3. The Hall–Kier alpha value is -7.60. The van der Waals surface area contributed by atoms with Crippen LogP contribution in [0.15, 0.2) is 95.5 Å². The van der Waals surface area contributed by atoms with E-state index in [-0.39, 0.29) is 108 Å². The number of hydrogen-bond donors (Lipinski definition) is 2. The van der Waals surface area contributed by atoms with Gasteiger partial charge < -0.3 is 38.6 Å². The predicted octanol–water partition coefficient (Wildman–Crippen LogP) is 4.70. The van der Waals surface area contributed by atoms with Crippen molar-refractivity contribution in [3.8, 4) is 11.5 Å². The van der Waals surface area contributed by atoms with Crippen molar-refractivity contribution >= 4 is 43.1 Å². The molecule has 428 valence electrons. The molecule has 12 rings (SSSR count). The third-order valence-corrected chi connectivity index (χ3v) is 18.1. The topological polar surface area (TPSA) is 288 Å². The Morgan fingerprint density at radius 3 is 1.51 bits per heavy atom. The number of carboxylic acids is 1. The zero-order chi connectivity index (χ0) is 57.0. The second-order valence-corrected chi connectivity index (χ2v) is 23.5. The minimum absolute atomic E-state index is 0.0219. The molecule has 0 amide bonds. The summed E-state index contributed by atoms with van der Waals surface area (Å²) < 4.78 is 111. The molecule has 2 saturated heterocycles. The number of methoxy groups -OCH3 is 2. The Morgan fingerprint density at radius 1 is 0.630 bits per heavy atom. The van der Waals surface area contributed by atoms with Gasteiger partial charge in [-0.25, -0.2) is 49.7 Å². The van der Waals surface area contributed by atoms with Gasteiger partial charge in [-0.15, -0.1) is 10.2 Å². The highest BCUT2D eigenvalue weighted by molar-refractivity contribution is 7.89. The molecule has 4 fully saturated rings. The lowest BCUT2D eigenvalue weighted by molar-refractivity contribution is 0.0690. The number of imidazole rings is 2. The van der Waals surface area contributed by atoms with Gasteiger partial charge in [0.15, 0.2) is 34.6 Å². The Balaban J connectivity index is 0.000000151. The number of sulfonamides is 2. The van der Waals surface area contributed by atoms with Crippen molar-refractivity contribution in [2.24, 2.45) is 5.73 Å². The Kier molecular flexibility index (Phi) is 17.0. The van der Waals surface area contributed by atoms with Crippen LogP contribution < -0.4 is 15.2 Å². The molecule has 0 spiro atoms. The number of ketones is 1. The van der Waals surface area contributed by atoms with Crippen molar-refractivity contribution in [3.63, 3.8) is 0 Å². The normalized spacial score (nSPS) is 16.2. The van der Waals surface area contributed by atoms with E-state index in [9.17, 15) is 30.8 Å². The second-order valence-electron chi connectivity index (χ2n) is 19.7. The monoisotopic (exact) mass is 1160 g/mol. The highest BCUT2D eigenvalue weighted by Crippen LogP contribution is 2.41. The number of rotatable bonds is 18. The molecule has 6 aromatic heterocycles. The summed E-state index contributed by atoms with van der Waals surface area (Å²) in [4.78, 5) is 32.6. The zero-order valence-corrected chi connectivity index (χ0v) is 45.9. The van der Waals surface area contributed by atoms with Crippen LogP contribution in [0, 0.1) is 11.6 Å². The molecule has 24 nitrogen and oxygen atoms in total. The number of hydrogen-bond acceptors (Lipinski definition) is 17. The first-order valence-corrected chi connectivity index (χ1v) is 29.0. The highest BCUT2D eigenvalue weighted by atomic mass is 32.2. The number of pyridine rings is 2. The van der Waals surface area contributed by atoms with E-state index in [4.69, 9.17) is 29.8 Å². The Morgan fingerprint density at radius 2 is 1.07 bits per heavy atom. The maximum absolute atomic E-state index is 15.3. The van der Waals surface area contributed by atoms with Crippen LogP contribution in [0.3, 0.4) is 0 Å². The lowest BCUT2D eigenvalue weighted by Crippen LogP contribution is -2.41. The average Bonchev–Trinajstić information content (AvgIpc) is 4.37. The molecule has 0 unspecified atom stereocenters. The van der Waals surface area contributed by atoms with Crippen molar-refractivity contribution in [2.75, 3.05) is 66.8 Å². The standard InChI is InChI=1S/C27H29FN6O5S.C14H13N5O2.C12H17FN2O4S/c1-38-24-7-8-25(40(36,37)34-10-12-39-13-11-34)21(27(24)28)5-6-23(35)22-17-33(31-30-22)16-20-15-32-14-19(18-2-3-18)4-9-26(32)29-20;20-14(21)12-8-19(17-16-12)7-11-6-18-5-10(9-1-2-9)3-4-13(18)15-11;1-18-10-2-3-11(9(8-14)12(10)13)20(16,17)15-4-6-19-7-5-15/h4,7-9,14-15,17-18H,2-3,5-6,10-13,16H2,1H3;3-6,8-9H,1-2,7H2,(H,20,21);2-3H,4-8,14H2,1H3. The number of aromatic carboxylic acids is 1. The molecule has 0 bridgehead atoms. The van der Waals surface area contributed by atoms with Crippen LogP contribution in [0.25, 0.3) is 11.3 Å². The molecule has 3 N–H and O–H groups in total. The largest absolute Gasteiger partial charge is 0.494 e. The summed E-state index contributed by atoms with van der Waals surface area (Å²) in [5, 5.41) is 24.3. The molecule has 0 radical (unpaired) electrons. The number of carboxylic acid groups (broad SMARTS) is 1. The summed E-state index contributed by atoms with van der Waals surface area (Å²) in [5.74, 6) is -1.77. The number of carbonyl (C=O) groups excluding carboxylic acids is 1. The van der Waals surface area contributed by atoms with E-state index < -0.39 is 37.7 Å². The van der Waals surface area contributed by atoms with Gasteiger partial charge in [0.05, 0.1) is 87.3 Å². The van der Waals surface area contributed by atoms with E-state index in [0.29, 0.717) is 38.1 Å². The number of nitrogens with two attached hydrogens (primary N) is 1. The lowest BCUT2D eigenvalue weighted by Gasteiger charge is -2.27. The maximum Gasteiger partial charge on any atom is 0.358 e. The number of Topliss-reactive ketones (excluding diaryl/α,β-unsaturated/α-hetero) is 1. The predicted molar refractivity (Wildman–Crippen MR) is 285 cm³/mol. The van der Waals surface area contributed by atoms with Gasteiger partial charge in [-0.2, -0.15) is 8.61 Å². The number of aromatic nitrogens is 10. The highest BCUT2D eigenvalue weighted by Gasteiger charge is 2.33. The number of fused-ring (bicyclic) bond motifs is 2. The molecule has 2 aliphatic carbocycles. The fourth-order valence-corrected chi connectivity index (χ4v) is 12.8. The first-order valence-electron chi connectivity index (χ1n) is 26.1. The quantitative estimate of drug-likeness (QED) is 0.110. The molecule has 0 atom stereocenters. The SMILES string of the molecule is COc1ccc(S(=O)(=O)N2CCOCC2)c(CCC(=O)c2cn(Cc3cn4cc(C5CC5)ccc4n3)nn2)c1F.COc1ccc(S(=O)(=O)N2CCOCC2)c(CN)c1F.O=C(O)c1cn(Cc2cn3cc(C4CC4)ccc3n2)nn1. The second kappa shape index (κ2) is 24.2. The molecular weight excluding hydrogens is 1100 g/mol. The van der Waals surface area contributed by atoms with Gasteiger partial charge in [0.1, 0.15) is 17.0 Å². The molecule has 2 aliphatic heterocycles. The van der Waals surface area contributed by atoms with E-state index in [1.54, 1.807) is 0 Å². The van der Waals surface area contributed by atoms with Crippen LogP contribution in [0.4, 0.5) is 8.78 Å². The summed E-state index contributed by atoms with van der Waals surface area (Å²) in [5.41, 5.74) is 11.4. The lowest BCUT2D eigenvalue weighted by atomic mass is 10.1. The van der Waals surface area contributed by atoms with Gasteiger partial charge >= 0.3 is 5.97 Å². The maximum atomic E-state index is 15.3. The fraction of sp³-hybridized carbons (Fsp3) is 0.396. The van der Waals surface area contributed by atoms with Crippen LogP contribution in [-0.4, -0.2) is 158 Å². The van der Waals surface area contributed by atoms with Crippen molar-refractivity contribution in [2.45, 2.75) is 79.8 Å². The summed E-state index contributed by atoms with van der Waals surface area (Å²) in [7, 11) is -5.15.